The summed E-state index contributed by atoms with van der Waals surface area (Å²) in [5, 5.41) is 9.42. The van der Waals surface area contributed by atoms with Gasteiger partial charge in [0.2, 0.25) is 0 Å². The summed E-state index contributed by atoms with van der Waals surface area (Å²) in [5.41, 5.74) is 0.988. The first-order valence-electron chi connectivity index (χ1n) is 4.72. The maximum absolute atomic E-state index is 9.42. The van der Waals surface area contributed by atoms with E-state index in [1.807, 2.05) is 12.1 Å². The van der Waals surface area contributed by atoms with Crippen LogP contribution in [0.15, 0.2) is 18.3 Å². The lowest BCUT2D eigenvalue weighted by molar-refractivity contribution is 0.143. The van der Waals surface area contributed by atoms with Crippen molar-refractivity contribution in [3.63, 3.8) is 0 Å². The predicted octanol–water partition coefficient (Wildman–Crippen LogP) is 1.77. The van der Waals surface area contributed by atoms with Crippen LogP contribution in [0.1, 0.15) is 32.0 Å². The summed E-state index contributed by atoms with van der Waals surface area (Å²) in [4.78, 5) is 4.17. The largest absolute Gasteiger partial charge is 0.378 e. The van der Waals surface area contributed by atoms with Gasteiger partial charge in [0, 0.05) is 17.5 Å². The Morgan fingerprint density at radius 2 is 2.21 bits per heavy atom. The zero-order valence-electron chi connectivity index (χ0n) is 8.83. The number of aromatic nitrogens is 1. The normalized spacial score (nSPS) is 10.6. The molecule has 1 rings (SSSR count). The summed E-state index contributed by atoms with van der Waals surface area (Å²) in [6, 6.07) is 3.79. The zero-order chi connectivity index (χ0) is 10.6. The molecule has 0 saturated heterocycles. The molecule has 1 aromatic heterocycles. The lowest BCUT2D eigenvalue weighted by atomic mass is 10.1. The Kier molecular flexibility index (Phi) is 3.27. The van der Waals surface area contributed by atoms with E-state index in [1.54, 1.807) is 20.0 Å². The topological polar surface area (TPSA) is 33.1 Å². The molecule has 0 atom stereocenters. The van der Waals surface area contributed by atoms with Crippen LogP contribution in [0.3, 0.4) is 0 Å². The highest BCUT2D eigenvalue weighted by Crippen LogP contribution is 2.03. The molecule has 14 heavy (non-hydrogen) atoms. The molecule has 74 valence electrons. The minimum absolute atomic E-state index is 0.901. The molecule has 0 aliphatic heterocycles. The highest BCUT2D eigenvalue weighted by Gasteiger charge is 2.05. The third kappa shape index (κ3) is 3.59. The number of nitrogens with zero attached hydrogens (tertiary/aromatic N) is 1. The van der Waals surface area contributed by atoms with E-state index in [1.165, 1.54) is 0 Å². The van der Waals surface area contributed by atoms with Crippen LogP contribution < -0.4 is 0 Å². The van der Waals surface area contributed by atoms with Crippen molar-refractivity contribution in [2.75, 3.05) is 0 Å². The van der Waals surface area contributed by atoms with Crippen LogP contribution in [0.5, 0.6) is 0 Å². The van der Waals surface area contributed by atoms with Gasteiger partial charge in [0.25, 0.3) is 0 Å². The molecule has 2 nitrogen and oxygen atoms in total. The number of aliphatic hydroxyl groups is 1. The lowest BCUT2D eigenvalue weighted by Gasteiger charge is -2.05. The Labute approximate surface area is 85.0 Å². The molecule has 0 aromatic carbocycles. The second-order valence-corrected chi connectivity index (χ2v) is 3.70. The van der Waals surface area contributed by atoms with Gasteiger partial charge in [-0.15, -0.1) is 0 Å². The highest BCUT2D eigenvalue weighted by molar-refractivity contribution is 5.35. The summed E-state index contributed by atoms with van der Waals surface area (Å²) in [7, 11) is 0. The first-order valence-corrected chi connectivity index (χ1v) is 4.72. The van der Waals surface area contributed by atoms with Gasteiger partial charge in [-0.2, -0.15) is 0 Å². The molecule has 0 unspecified atom stereocenters. The highest BCUT2D eigenvalue weighted by atomic mass is 16.3. The Morgan fingerprint density at radius 1 is 1.50 bits per heavy atom. The molecule has 0 aliphatic carbocycles. The standard InChI is InChI=1S/C12H15NO/c1-4-11-9-10(6-8-13-11)5-7-12(2,3)14/h6,8-9,14H,4H2,1-3H3. The monoisotopic (exact) mass is 189 g/mol. The van der Waals surface area contributed by atoms with E-state index in [4.69, 9.17) is 0 Å². The molecule has 2 heteroatoms. The molecule has 0 aliphatic rings. The molecule has 0 saturated carbocycles. The first-order chi connectivity index (χ1) is 6.51. The second kappa shape index (κ2) is 4.26. The summed E-state index contributed by atoms with van der Waals surface area (Å²) >= 11 is 0. The van der Waals surface area contributed by atoms with Crippen molar-refractivity contribution in [2.24, 2.45) is 0 Å². The number of hydrogen-bond donors (Lipinski definition) is 1. The van der Waals surface area contributed by atoms with Gasteiger partial charge in [-0.3, -0.25) is 4.98 Å². The van der Waals surface area contributed by atoms with Crippen molar-refractivity contribution in [2.45, 2.75) is 32.8 Å². The van der Waals surface area contributed by atoms with Crippen molar-refractivity contribution < 1.29 is 5.11 Å². The summed E-state index contributed by atoms with van der Waals surface area (Å²) in [6.45, 7) is 5.39. The molecule has 0 radical (unpaired) electrons. The fourth-order valence-corrected chi connectivity index (χ4v) is 0.974. The van der Waals surface area contributed by atoms with Crippen molar-refractivity contribution in [3.05, 3.63) is 29.6 Å². The van der Waals surface area contributed by atoms with Crippen molar-refractivity contribution in [1.82, 2.24) is 4.98 Å². The van der Waals surface area contributed by atoms with Gasteiger partial charge >= 0.3 is 0 Å². The van der Waals surface area contributed by atoms with E-state index in [0.717, 1.165) is 17.7 Å². The zero-order valence-corrected chi connectivity index (χ0v) is 8.83. The van der Waals surface area contributed by atoms with Crippen molar-refractivity contribution >= 4 is 0 Å². The van der Waals surface area contributed by atoms with Crippen LogP contribution in [0.2, 0.25) is 0 Å². The molecule has 0 bridgehead atoms. The van der Waals surface area contributed by atoms with Crippen LogP contribution >= 0.6 is 0 Å². The number of rotatable bonds is 1. The SMILES string of the molecule is CCc1cc(C#CC(C)(C)O)ccn1. The van der Waals surface area contributed by atoms with Gasteiger partial charge in [0.1, 0.15) is 5.60 Å². The van der Waals surface area contributed by atoms with Gasteiger partial charge in [-0.05, 0) is 32.4 Å². The van der Waals surface area contributed by atoms with E-state index >= 15 is 0 Å². The summed E-state index contributed by atoms with van der Waals surface area (Å²) < 4.78 is 0. The lowest BCUT2D eigenvalue weighted by Crippen LogP contribution is -2.14. The second-order valence-electron chi connectivity index (χ2n) is 3.70. The van der Waals surface area contributed by atoms with Gasteiger partial charge < -0.3 is 5.11 Å². The van der Waals surface area contributed by atoms with E-state index in [-0.39, 0.29) is 0 Å². The molecule has 1 heterocycles. The van der Waals surface area contributed by atoms with Gasteiger partial charge in [0.15, 0.2) is 0 Å². The Balaban J connectivity index is 2.90. The molecular formula is C12H15NO. The van der Waals surface area contributed by atoms with Crippen LogP contribution in [0, 0.1) is 11.8 Å². The van der Waals surface area contributed by atoms with Crippen LogP contribution in [-0.4, -0.2) is 15.7 Å². The minimum Gasteiger partial charge on any atom is -0.378 e. The number of hydrogen-bond acceptors (Lipinski definition) is 2. The molecule has 0 spiro atoms. The minimum atomic E-state index is -0.935. The molecule has 1 aromatic rings. The maximum atomic E-state index is 9.42. The van der Waals surface area contributed by atoms with Crippen LogP contribution in [0.4, 0.5) is 0 Å². The van der Waals surface area contributed by atoms with Crippen LogP contribution in [0.25, 0.3) is 0 Å². The van der Waals surface area contributed by atoms with Gasteiger partial charge in [-0.25, -0.2) is 0 Å². The summed E-state index contributed by atoms with van der Waals surface area (Å²) in [5.74, 6) is 5.69. The predicted molar refractivity (Wildman–Crippen MR) is 56.8 cm³/mol. The number of pyridine rings is 1. The van der Waals surface area contributed by atoms with Gasteiger partial charge in [-0.1, -0.05) is 18.8 Å². The smallest absolute Gasteiger partial charge is 0.120 e. The Bertz CT molecular complexity index is 366. The quantitative estimate of drug-likeness (QED) is 0.683. The number of aryl methyl sites for hydroxylation is 1. The molecular weight excluding hydrogens is 174 g/mol. The average Bonchev–Trinajstić information content (AvgIpc) is 2.14. The average molecular weight is 189 g/mol. The first kappa shape index (κ1) is 10.7. The van der Waals surface area contributed by atoms with Crippen LogP contribution in [-0.2, 0) is 6.42 Å². The fraction of sp³-hybridized carbons (Fsp3) is 0.417. The molecule has 0 amide bonds. The third-order valence-corrected chi connectivity index (χ3v) is 1.69. The Hall–Kier alpha value is -1.33. The third-order valence-electron chi connectivity index (χ3n) is 1.69. The maximum Gasteiger partial charge on any atom is 0.120 e. The van der Waals surface area contributed by atoms with E-state index < -0.39 is 5.60 Å². The Morgan fingerprint density at radius 3 is 2.79 bits per heavy atom. The summed E-state index contributed by atoms with van der Waals surface area (Å²) in [6.07, 6.45) is 2.64. The van der Waals surface area contributed by atoms with Gasteiger partial charge in [0.05, 0.1) is 0 Å². The van der Waals surface area contributed by atoms with E-state index in [2.05, 4.69) is 23.7 Å². The van der Waals surface area contributed by atoms with Crippen molar-refractivity contribution in [3.8, 4) is 11.8 Å². The van der Waals surface area contributed by atoms with E-state index in [9.17, 15) is 5.11 Å². The van der Waals surface area contributed by atoms with E-state index in [0.29, 0.717) is 0 Å². The molecule has 0 fully saturated rings. The molecule has 1 N–H and O–H groups in total. The fourth-order valence-electron chi connectivity index (χ4n) is 0.974. The van der Waals surface area contributed by atoms with Crippen molar-refractivity contribution in [1.29, 1.82) is 0 Å².